The minimum atomic E-state index is 0. The van der Waals surface area contributed by atoms with Crippen LogP contribution in [0.15, 0.2) is 17.6 Å². The van der Waals surface area contributed by atoms with E-state index in [1.165, 1.54) is 38.8 Å². The van der Waals surface area contributed by atoms with Crippen molar-refractivity contribution in [3.8, 4) is 0 Å². The summed E-state index contributed by atoms with van der Waals surface area (Å²) in [5.74, 6) is 0.908. The maximum Gasteiger partial charge on any atom is 0.190 e. The van der Waals surface area contributed by atoms with Crippen molar-refractivity contribution in [2.45, 2.75) is 58.0 Å². The van der Waals surface area contributed by atoms with Crippen LogP contribution in [0.2, 0.25) is 0 Å². The first-order valence-electron chi connectivity index (χ1n) is 9.30. The summed E-state index contributed by atoms with van der Waals surface area (Å²) in [7, 11) is 1.83. The fourth-order valence-corrected chi connectivity index (χ4v) is 3.16. The quantitative estimate of drug-likeness (QED) is 0.254. The predicted molar refractivity (Wildman–Crippen MR) is 114 cm³/mol. The van der Waals surface area contributed by atoms with Crippen LogP contribution in [-0.2, 0) is 6.54 Å². The molecule has 1 unspecified atom stereocenters. The highest BCUT2D eigenvalue weighted by Crippen LogP contribution is 2.15. The lowest BCUT2D eigenvalue weighted by molar-refractivity contribution is 0.159. The van der Waals surface area contributed by atoms with Gasteiger partial charge in [-0.25, -0.2) is 0 Å². The monoisotopic (exact) mass is 463 g/mol. The van der Waals surface area contributed by atoms with Crippen molar-refractivity contribution >= 4 is 29.9 Å². The summed E-state index contributed by atoms with van der Waals surface area (Å²) in [6.07, 6.45) is 11.0. The van der Waals surface area contributed by atoms with E-state index in [4.69, 9.17) is 0 Å². The smallest absolute Gasteiger partial charge is 0.190 e. The van der Waals surface area contributed by atoms with Crippen LogP contribution in [0.5, 0.6) is 0 Å². The van der Waals surface area contributed by atoms with Crippen molar-refractivity contribution in [2.75, 3.05) is 33.2 Å². The lowest BCUT2D eigenvalue weighted by atomic mass is 10.0. The number of hydrogen-bond acceptors (Lipinski definition) is 4. The molecular formula is C17H34IN7. The van der Waals surface area contributed by atoms with E-state index >= 15 is 0 Å². The van der Waals surface area contributed by atoms with Crippen LogP contribution in [0.4, 0.5) is 0 Å². The third-order valence-electron chi connectivity index (χ3n) is 4.68. The highest BCUT2D eigenvalue weighted by atomic mass is 127. The summed E-state index contributed by atoms with van der Waals surface area (Å²) in [6, 6.07) is 0.752. The summed E-state index contributed by atoms with van der Waals surface area (Å²) in [5, 5.41) is 14.4. The van der Waals surface area contributed by atoms with Gasteiger partial charge in [0.2, 0.25) is 0 Å². The van der Waals surface area contributed by atoms with Crippen molar-refractivity contribution in [3.05, 3.63) is 12.7 Å². The molecule has 25 heavy (non-hydrogen) atoms. The molecule has 2 heterocycles. The summed E-state index contributed by atoms with van der Waals surface area (Å²) in [5.41, 5.74) is 0. The molecule has 1 saturated heterocycles. The first-order valence-corrected chi connectivity index (χ1v) is 9.30. The first-order chi connectivity index (χ1) is 11.8. The topological polar surface area (TPSA) is 70.4 Å². The SMILES string of the molecule is CN=C(NCCCCn1cnnc1)NCCCN1CCCCC1C.I. The fraction of sp³-hybridized carbons (Fsp3) is 0.824. The number of guanidine groups is 1. The van der Waals surface area contributed by atoms with Crippen LogP contribution in [0.25, 0.3) is 0 Å². The lowest BCUT2D eigenvalue weighted by Crippen LogP contribution is -2.41. The summed E-state index contributed by atoms with van der Waals surface area (Å²) in [6.45, 7) is 7.68. The van der Waals surface area contributed by atoms with Gasteiger partial charge in [-0.3, -0.25) is 4.99 Å². The summed E-state index contributed by atoms with van der Waals surface area (Å²) in [4.78, 5) is 6.91. The van der Waals surface area contributed by atoms with Crippen LogP contribution < -0.4 is 10.6 Å². The van der Waals surface area contributed by atoms with E-state index in [9.17, 15) is 0 Å². The number of aromatic nitrogens is 3. The molecule has 7 nitrogen and oxygen atoms in total. The largest absolute Gasteiger partial charge is 0.356 e. The molecule has 2 rings (SSSR count). The van der Waals surface area contributed by atoms with Gasteiger partial charge < -0.3 is 20.1 Å². The number of piperidine rings is 1. The molecule has 0 bridgehead atoms. The second-order valence-corrected chi connectivity index (χ2v) is 6.57. The van der Waals surface area contributed by atoms with Gasteiger partial charge in [0, 0.05) is 39.3 Å². The lowest BCUT2D eigenvalue weighted by Gasteiger charge is -2.33. The Labute approximate surface area is 169 Å². The van der Waals surface area contributed by atoms with Gasteiger partial charge in [-0.15, -0.1) is 34.2 Å². The minimum absolute atomic E-state index is 0. The van der Waals surface area contributed by atoms with E-state index in [-0.39, 0.29) is 24.0 Å². The van der Waals surface area contributed by atoms with E-state index < -0.39 is 0 Å². The molecule has 144 valence electrons. The van der Waals surface area contributed by atoms with Crippen molar-refractivity contribution < 1.29 is 0 Å². The zero-order valence-electron chi connectivity index (χ0n) is 15.7. The van der Waals surface area contributed by atoms with Gasteiger partial charge >= 0.3 is 0 Å². The average molecular weight is 463 g/mol. The zero-order chi connectivity index (χ0) is 17.0. The Kier molecular flexibility index (Phi) is 11.8. The number of nitrogens with one attached hydrogen (secondary N) is 2. The van der Waals surface area contributed by atoms with Crippen molar-refractivity contribution in [1.82, 2.24) is 30.3 Å². The second kappa shape index (κ2) is 13.3. The Morgan fingerprint density at radius 3 is 2.48 bits per heavy atom. The molecule has 0 saturated carbocycles. The Hall–Kier alpha value is -0.900. The molecule has 1 aromatic rings. The van der Waals surface area contributed by atoms with E-state index in [1.54, 1.807) is 12.7 Å². The van der Waals surface area contributed by atoms with Gasteiger partial charge in [-0.2, -0.15) is 0 Å². The zero-order valence-corrected chi connectivity index (χ0v) is 18.0. The first kappa shape index (κ1) is 22.1. The standard InChI is InChI=1S/C17H33N7.HI/c1-16-8-3-5-12-24(16)13-7-10-20-17(18-2)19-9-4-6-11-23-14-21-22-15-23;/h14-16H,3-13H2,1-2H3,(H2,18,19,20);1H. The molecule has 0 aliphatic carbocycles. The van der Waals surface area contributed by atoms with Gasteiger partial charge in [0.15, 0.2) is 5.96 Å². The highest BCUT2D eigenvalue weighted by molar-refractivity contribution is 14.0. The van der Waals surface area contributed by atoms with Crippen LogP contribution in [0.1, 0.15) is 45.4 Å². The third-order valence-corrected chi connectivity index (χ3v) is 4.68. The highest BCUT2D eigenvalue weighted by Gasteiger charge is 2.16. The summed E-state index contributed by atoms with van der Waals surface area (Å²) < 4.78 is 2.01. The van der Waals surface area contributed by atoms with E-state index in [1.807, 2.05) is 11.6 Å². The van der Waals surface area contributed by atoms with E-state index in [0.717, 1.165) is 44.5 Å². The van der Waals surface area contributed by atoms with Crippen molar-refractivity contribution in [2.24, 2.45) is 4.99 Å². The molecule has 1 aromatic heterocycles. The van der Waals surface area contributed by atoms with E-state index in [2.05, 4.69) is 37.6 Å². The molecule has 0 radical (unpaired) electrons. The van der Waals surface area contributed by atoms with Gasteiger partial charge in [0.05, 0.1) is 0 Å². The van der Waals surface area contributed by atoms with Crippen molar-refractivity contribution in [1.29, 1.82) is 0 Å². The molecule has 1 aliphatic heterocycles. The van der Waals surface area contributed by atoms with E-state index in [0.29, 0.717) is 0 Å². The minimum Gasteiger partial charge on any atom is -0.356 e. The van der Waals surface area contributed by atoms with Crippen LogP contribution in [0, 0.1) is 0 Å². The maximum absolute atomic E-state index is 4.29. The normalized spacial score (nSPS) is 18.6. The molecule has 1 fully saturated rings. The Morgan fingerprint density at radius 2 is 1.80 bits per heavy atom. The van der Waals surface area contributed by atoms with Gasteiger partial charge in [-0.05, 0) is 45.6 Å². The van der Waals surface area contributed by atoms with Gasteiger partial charge in [0.1, 0.15) is 12.7 Å². The fourth-order valence-electron chi connectivity index (χ4n) is 3.16. The van der Waals surface area contributed by atoms with Crippen LogP contribution >= 0.6 is 24.0 Å². The van der Waals surface area contributed by atoms with Crippen LogP contribution in [-0.4, -0.2) is 64.9 Å². The molecule has 1 aliphatic rings. The average Bonchev–Trinajstić information content (AvgIpc) is 3.11. The Morgan fingerprint density at radius 1 is 1.08 bits per heavy atom. The molecule has 0 spiro atoms. The number of aliphatic imine (C=N–C) groups is 1. The molecule has 0 aromatic carbocycles. The Balaban J connectivity index is 0.00000312. The number of hydrogen-bond donors (Lipinski definition) is 2. The summed E-state index contributed by atoms with van der Waals surface area (Å²) >= 11 is 0. The molecular weight excluding hydrogens is 429 g/mol. The molecule has 2 N–H and O–H groups in total. The van der Waals surface area contributed by atoms with Gasteiger partial charge in [-0.1, -0.05) is 6.42 Å². The number of rotatable bonds is 9. The number of unbranched alkanes of at least 4 members (excludes halogenated alkanes) is 1. The number of halogens is 1. The maximum atomic E-state index is 4.29. The third kappa shape index (κ3) is 8.84. The number of nitrogens with zero attached hydrogens (tertiary/aromatic N) is 5. The van der Waals surface area contributed by atoms with Crippen LogP contribution in [0.3, 0.4) is 0 Å². The van der Waals surface area contributed by atoms with Crippen molar-refractivity contribution in [3.63, 3.8) is 0 Å². The number of aryl methyl sites for hydroxylation is 1. The Bertz CT molecular complexity index is 464. The molecule has 0 amide bonds. The van der Waals surface area contributed by atoms with Gasteiger partial charge in [0.25, 0.3) is 0 Å². The molecule has 8 heteroatoms. The second-order valence-electron chi connectivity index (χ2n) is 6.57. The predicted octanol–water partition coefficient (Wildman–Crippen LogP) is 2.11. The number of likely N-dealkylation sites (tertiary alicyclic amines) is 1. The molecule has 1 atom stereocenters.